The molecule has 1 aromatic heterocycles. The lowest BCUT2D eigenvalue weighted by molar-refractivity contribution is -0.497. The molecule has 0 aromatic carbocycles. The molecule has 0 unspecified atom stereocenters. The lowest BCUT2D eigenvalue weighted by Gasteiger charge is -1.95. The Balaban J connectivity index is 2.95. The third kappa shape index (κ3) is 2.73. The molecule has 0 fully saturated rings. The molecule has 0 aliphatic heterocycles. The number of hydrogen-bond acceptors (Lipinski definition) is 6. The molecule has 0 atom stereocenters. The van der Waals surface area contributed by atoms with Gasteiger partial charge in [0.25, 0.3) is 0 Å². The Labute approximate surface area is 79.9 Å². The Kier molecular flexibility index (Phi) is 2.75. The fraction of sp³-hybridized carbons (Fsp3) is 0.333. The fourth-order valence-electron chi connectivity index (χ4n) is 0.704. The Bertz CT molecular complexity index is 439. The predicted octanol–water partition coefficient (Wildman–Crippen LogP) is -0.543. The van der Waals surface area contributed by atoms with E-state index in [1.54, 1.807) is 0 Å². The minimum atomic E-state index is -3.47. The molecule has 0 aliphatic carbocycles. The van der Waals surface area contributed by atoms with E-state index in [0.717, 1.165) is 12.5 Å². The number of sulfone groups is 1. The summed E-state index contributed by atoms with van der Waals surface area (Å²) in [5, 5.41) is 9.68. The van der Waals surface area contributed by atoms with E-state index >= 15 is 0 Å². The first-order valence-electron chi connectivity index (χ1n) is 3.45. The first-order chi connectivity index (χ1) is 6.39. The molecule has 1 heterocycles. The first-order valence-corrected chi connectivity index (χ1v) is 5.34. The van der Waals surface area contributed by atoms with Crippen LogP contribution in [-0.4, -0.2) is 29.6 Å². The van der Waals surface area contributed by atoms with Gasteiger partial charge in [0.1, 0.15) is 6.20 Å². The van der Waals surface area contributed by atoms with Crippen molar-refractivity contribution in [1.29, 1.82) is 0 Å². The van der Waals surface area contributed by atoms with Crippen molar-refractivity contribution in [2.45, 2.75) is 11.7 Å². The Morgan fingerprint density at radius 3 is 2.64 bits per heavy atom. The van der Waals surface area contributed by atoms with E-state index < -0.39 is 21.3 Å². The van der Waals surface area contributed by atoms with Gasteiger partial charge < -0.3 is 0 Å². The lowest BCUT2D eigenvalue weighted by atomic mass is 10.3. The summed E-state index contributed by atoms with van der Waals surface area (Å²) in [4.78, 5) is 16.3. The van der Waals surface area contributed by atoms with Crippen LogP contribution < -0.4 is 0 Å². The highest BCUT2D eigenvalue weighted by Gasteiger charge is 2.11. The van der Waals surface area contributed by atoms with Crippen molar-refractivity contribution in [3.63, 3.8) is 0 Å². The van der Waals surface area contributed by atoms with Crippen LogP contribution in [0.15, 0.2) is 11.4 Å². The number of aromatic nitrogens is 2. The molecule has 0 saturated heterocycles. The molecule has 7 nitrogen and oxygen atoms in total. The van der Waals surface area contributed by atoms with Gasteiger partial charge in [0, 0.05) is 17.4 Å². The van der Waals surface area contributed by atoms with E-state index in [1.807, 2.05) is 0 Å². The predicted molar refractivity (Wildman–Crippen MR) is 44.7 cm³/mol. The molecule has 1 radical (unpaired) electrons. The maximum Gasteiger partial charge on any atom is 0.247 e. The topological polar surface area (TPSA) is 103 Å². The average Bonchev–Trinajstić information content (AvgIpc) is 2.02. The van der Waals surface area contributed by atoms with Gasteiger partial charge in [-0.1, -0.05) is 0 Å². The summed E-state index contributed by atoms with van der Waals surface area (Å²) in [6.45, 7) is -0.468. The summed E-state index contributed by atoms with van der Waals surface area (Å²) in [7, 11) is -3.47. The molecule has 14 heavy (non-hydrogen) atoms. The second-order valence-electron chi connectivity index (χ2n) is 2.55. The van der Waals surface area contributed by atoms with Crippen LogP contribution in [0.4, 0.5) is 0 Å². The van der Waals surface area contributed by atoms with Crippen LogP contribution >= 0.6 is 0 Å². The van der Waals surface area contributed by atoms with Gasteiger partial charge >= 0.3 is 0 Å². The summed E-state index contributed by atoms with van der Waals surface area (Å²) in [6, 6.07) is 0. The number of nitro groups is 1. The number of hydrogen-bond donors (Lipinski definition) is 0. The Hall–Kier alpha value is -1.57. The van der Waals surface area contributed by atoms with Crippen LogP contribution in [0, 0.1) is 16.3 Å². The quantitative estimate of drug-likeness (QED) is 0.381. The SMILES string of the molecule is CS(=O)(=O)c1n[c]c(C[N+](=O)[O-])cn1. The van der Waals surface area contributed by atoms with E-state index in [4.69, 9.17) is 0 Å². The zero-order chi connectivity index (χ0) is 10.8. The Morgan fingerprint density at radius 2 is 2.29 bits per heavy atom. The smallest absolute Gasteiger partial charge is 0.247 e. The molecule has 0 spiro atoms. The highest BCUT2D eigenvalue weighted by Crippen LogP contribution is 2.01. The summed E-state index contributed by atoms with van der Waals surface area (Å²) in [5.74, 6) is 0. The van der Waals surface area contributed by atoms with Crippen LogP contribution in [-0.2, 0) is 16.4 Å². The van der Waals surface area contributed by atoms with E-state index in [0.29, 0.717) is 0 Å². The largest absolute Gasteiger partial charge is 0.264 e. The van der Waals surface area contributed by atoms with Gasteiger partial charge in [0.15, 0.2) is 0 Å². The van der Waals surface area contributed by atoms with Crippen LogP contribution in [0.25, 0.3) is 0 Å². The van der Waals surface area contributed by atoms with Gasteiger partial charge in [0.2, 0.25) is 21.5 Å². The second kappa shape index (κ2) is 3.66. The van der Waals surface area contributed by atoms with Crippen molar-refractivity contribution in [2.24, 2.45) is 0 Å². The standard InChI is InChI=1S/C6H6N3O4S/c1-14(12,13)6-7-2-5(3-8-6)4-9(10)11/h2H,4H2,1H3. The molecular weight excluding hydrogens is 210 g/mol. The molecule has 1 aromatic rings. The lowest BCUT2D eigenvalue weighted by Crippen LogP contribution is -2.06. The molecule has 0 amide bonds. The third-order valence-electron chi connectivity index (χ3n) is 1.26. The highest BCUT2D eigenvalue weighted by molar-refractivity contribution is 7.90. The monoisotopic (exact) mass is 216 g/mol. The van der Waals surface area contributed by atoms with Gasteiger partial charge in [0.05, 0.1) is 5.56 Å². The average molecular weight is 216 g/mol. The number of rotatable bonds is 3. The maximum absolute atomic E-state index is 10.9. The molecule has 0 bridgehead atoms. The van der Waals surface area contributed by atoms with Gasteiger partial charge in [-0.05, 0) is 0 Å². The minimum Gasteiger partial charge on any atom is -0.264 e. The molecule has 0 aliphatic rings. The summed E-state index contributed by atoms with van der Waals surface area (Å²) in [5.41, 5.74) is 0.141. The van der Waals surface area contributed by atoms with Crippen LogP contribution in [0.5, 0.6) is 0 Å². The van der Waals surface area contributed by atoms with Gasteiger partial charge in [-0.3, -0.25) is 10.1 Å². The molecular formula is C6H6N3O4S. The second-order valence-corrected chi connectivity index (χ2v) is 4.46. The van der Waals surface area contributed by atoms with Crippen molar-refractivity contribution in [1.82, 2.24) is 9.97 Å². The normalized spacial score (nSPS) is 11.2. The maximum atomic E-state index is 10.9. The van der Waals surface area contributed by atoms with E-state index in [2.05, 4.69) is 16.2 Å². The number of nitrogens with zero attached hydrogens (tertiary/aromatic N) is 3. The summed E-state index contributed by atoms with van der Waals surface area (Å²) < 4.78 is 21.8. The fourth-order valence-corrected chi connectivity index (χ4v) is 1.16. The van der Waals surface area contributed by atoms with Gasteiger partial charge in [-0.2, -0.15) is 0 Å². The van der Waals surface area contributed by atoms with Crippen molar-refractivity contribution in [3.05, 3.63) is 28.1 Å². The van der Waals surface area contributed by atoms with E-state index in [-0.39, 0.29) is 10.7 Å². The zero-order valence-corrected chi connectivity index (χ0v) is 7.98. The van der Waals surface area contributed by atoms with Crippen molar-refractivity contribution in [2.75, 3.05) is 6.26 Å². The van der Waals surface area contributed by atoms with Crippen LogP contribution in [0.3, 0.4) is 0 Å². The zero-order valence-electron chi connectivity index (χ0n) is 7.17. The Morgan fingerprint density at radius 1 is 1.64 bits per heavy atom. The molecule has 1 rings (SSSR count). The molecule has 0 N–H and O–H groups in total. The first kappa shape index (κ1) is 10.5. The van der Waals surface area contributed by atoms with Gasteiger partial charge in [-0.15, -0.1) is 0 Å². The van der Waals surface area contributed by atoms with Crippen molar-refractivity contribution < 1.29 is 13.3 Å². The van der Waals surface area contributed by atoms with Crippen molar-refractivity contribution >= 4 is 9.84 Å². The van der Waals surface area contributed by atoms with Crippen LogP contribution in [0.2, 0.25) is 0 Å². The van der Waals surface area contributed by atoms with Crippen molar-refractivity contribution in [3.8, 4) is 0 Å². The summed E-state index contributed by atoms with van der Waals surface area (Å²) in [6.07, 6.45) is 4.26. The minimum absolute atomic E-state index is 0.141. The van der Waals surface area contributed by atoms with Crippen LogP contribution in [0.1, 0.15) is 5.56 Å². The highest BCUT2D eigenvalue weighted by atomic mass is 32.2. The molecule has 75 valence electrons. The third-order valence-corrected chi connectivity index (χ3v) is 2.12. The molecule has 0 saturated carbocycles. The van der Waals surface area contributed by atoms with E-state index in [9.17, 15) is 18.5 Å². The summed E-state index contributed by atoms with van der Waals surface area (Å²) >= 11 is 0. The van der Waals surface area contributed by atoms with E-state index in [1.165, 1.54) is 0 Å². The molecule has 8 heteroatoms. The van der Waals surface area contributed by atoms with Gasteiger partial charge in [-0.25, -0.2) is 18.4 Å².